The Morgan fingerprint density at radius 2 is 1.92 bits per heavy atom. The highest BCUT2D eigenvalue weighted by Gasteiger charge is 2.18. The van der Waals surface area contributed by atoms with Crippen molar-refractivity contribution in [1.82, 2.24) is 10.3 Å². The molecule has 0 bridgehead atoms. The van der Waals surface area contributed by atoms with Gasteiger partial charge < -0.3 is 5.32 Å². The maximum Gasteiger partial charge on any atom is 0.226 e. The standard InChI is InChI=1S/C20H22N2OS2/c1-3-14-7-9-15(10-8-14)20(17-6-5-11-24-17)22-18(23)12-16-13-25-19(4-2)21-16/h5-11,13,20H,3-4,12H2,1-2H3,(H,22,23). The van der Waals surface area contributed by atoms with Crippen molar-refractivity contribution >= 4 is 28.6 Å². The highest BCUT2D eigenvalue weighted by molar-refractivity contribution is 7.10. The number of aromatic nitrogens is 1. The van der Waals surface area contributed by atoms with Crippen molar-refractivity contribution in [1.29, 1.82) is 0 Å². The first-order chi connectivity index (χ1) is 12.2. The SMILES string of the molecule is CCc1ccc(C(NC(=O)Cc2csc(CC)n2)c2cccs2)cc1. The third kappa shape index (κ3) is 4.55. The van der Waals surface area contributed by atoms with Gasteiger partial charge in [0.05, 0.1) is 23.2 Å². The minimum absolute atomic E-state index is 0.00548. The van der Waals surface area contributed by atoms with Crippen LogP contribution in [0.3, 0.4) is 0 Å². The van der Waals surface area contributed by atoms with Crippen LogP contribution >= 0.6 is 22.7 Å². The molecule has 130 valence electrons. The van der Waals surface area contributed by atoms with Gasteiger partial charge in [0, 0.05) is 10.3 Å². The number of hydrogen-bond donors (Lipinski definition) is 1. The fourth-order valence-electron chi connectivity index (χ4n) is 2.69. The van der Waals surface area contributed by atoms with E-state index in [-0.39, 0.29) is 11.9 Å². The molecule has 2 aromatic heterocycles. The number of aryl methyl sites for hydroxylation is 2. The first kappa shape index (κ1) is 17.8. The van der Waals surface area contributed by atoms with E-state index in [1.165, 1.54) is 5.56 Å². The zero-order valence-corrected chi connectivity index (χ0v) is 16.1. The van der Waals surface area contributed by atoms with E-state index in [0.717, 1.165) is 34.0 Å². The molecular formula is C20H22N2OS2. The lowest BCUT2D eigenvalue weighted by Crippen LogP contribution is -2.30. The quantitative estimate of drug-likeness (QED) is 0.650. The van der Waals surface area contributed by atoms with Crippen molar-refractivity contribution in [2.45, 2.75) is 39.2 Å². The summed E-state index contributed by atoms with van der Waals surface area (Å²) in [4.78, 5) is 18.2. The lowest BCUT2D eigenvalue weighted by Gasteiger charge is -2.18. The van der Waals surface area contributed by atoms with Crippen LogP contribution in [0.2, 0.25) is 0 Å². The number of nitrogens with one attached hydrogen (secondary N) is 1. The lowest BCUT2D eigenvalue weighted by atomic mass is 10.0. The van der Waals surface area contributed by atoms with Crippen molar-refractivity contribution in [3.8, 4) is 0 Å². The van der Waals surface area contributed by atoms with Gasteiger partial charge in [0.1, 0.15) is 0 Å². The summed E-state index contributed by atoms with van der Waals surface area (Å²) >= 11 is 3.28. The molecule has 0 aliphatic carbocycles. The monoisotopic (exact) mass is 370 g/mol. The smallest absolute Gasteiger partial charge is 0.226 e. The van der Waals surface area contributed by atoms with Gasteiger partial charge in [-0.2, -0.15) is 0 Å². The summed E-state index contributed by atoms with van der Waals surface area (Å²) in [5.74, 6) is 0.00548. The molecule has 0 spiro atoms. The Labute approximate surface area is 156 Å². The van der Waals surface area contributed by atoms with Gasteiger partial charge in [0.25, 0.3) is 0 Å². The number of carbonyl (C=O) groups is 1. The number of hydrogen-bond acceptors (Lipinski definition) is 4. The number of rotatable bonds is 7. The molecule has 25 heavy (non-hydrogen) atoms. The summed E-state index contributed by atoms with van der Waals surface area (Å²) in [6, 6.07) is 12.5. The third-order valence-electron chi connectivity index (χ3n) is 4.10. The van der Waals surface area contributed by atoms with Gasteiger partial charge in [-0.05, 0) is 35.4 Å². The third-order valence-corrected chi connectivity index (χ3v) is 6.08. The number of amides is 1. The van der Waals surface area contributed by atoms with Crippen LogP contribution in [0.15, 0.2) is 47.2 Å². The van der Waals surface area contributed by atoms with Gasteiger partial charge in [-0.15, -0.1) is 22.7 Å². The predicted octanol–water partition coefficient (Wildman–Crippen LogP) is 4.78. The Bertz CT molecular complexity index is 807. The van der Waals surface area contributed by atoms with E-state index in [1.54, 1.807) is 22.7 Å². The summed E-state index contributed by atoms with van der Waals surface area (Å²) in [6.45, 7) is 4.22. The van der Waals surface area contributed by atoms with Crippen LogP contribution in [0.5, 0.6) is 0 Å². The van der Waals surface area contributed by atoms with Crippen molar-refractivity contribution in [3.05, 3.63) is 73.9 Å². The molecule has 0 aliphatic heterocycles. The van der Waals surface area contributed by atoms with Gasteiger partial charge >= 0.3 is 0 Å². The van der Waals surface area contributed by atoms with Gasteiger partial charge in [-0.1, -0.05) is 44.2 Å². The van der Waals surface area contributed by atoms with E-state index in [9.17, 15) is 4.79 Å². The van der Waals surface area contributed by atoms with E-state index in [0.29, 0.717) is 6.42 Å². The predicted molar refractivity (Wildman–Crippen MR) is 105 cm³/mol. The average Bonchev–Trinajstić information content (AvgIpc) is 3.31. The second-order valence-electron chi connectivity index (χ2n) is 5.87. The van der Waals surface area contributed by atoms with Crippen LogP contribution in [-0.4, -0.2) is 10.9 Å². The molecule has 0 radical (unpaired) electrons. The normalized spacial score (nSPS) is 12.1. The lowest BCUT2D eigenvalue weighted by molar-refractivity contribution is -0.121. The molecule has 3 nitrogen and oxygen atoms in total. The summed E-state index contributed by atoms with van der Waals surface area (Å²) in [7, 11) is 0. The van der Waals surface area contributed by atoms with Gasteiger partial charge in [0.2, 0.25) is 5.91 Å². The number of carbonyl (C=O) groups excluding carboxylic acids is 1. The molecule has 1 N–H and O–H groups in total. The molecule has 3 aromatic rings. The highest BCUT2D eigenvalue weighted by atomic mass is 32.1. The number of thiophene rings is 1. The maximum atomic E-state index is 12.6. The topological polar surface area (TPSA) is 42.0 Å². The summed E-state index contributed by atoms with van der Waals surface area (Å²) in [5.41, 5.74) is 3.26. The Balaban J connectivity index is 1.76. The number of thiazole rings is 1. The van der Waals surface area contributed by atoms with E-state index >= 15 is 0 Å². The molecule has 1 atom stereocenters. The number of nitrogens with zero attached hydrogens (tertiary/aromatic N) is 1. The van der Waals surface area contributed by atoms with E-state index in [2.05, 4.69) is 54.5 Å². The largest absolute Gasteiger partial charge is 0.344 e. The summed E-state index contributed by atoms with van der Waals surface area (Å²) in [6.07, 6.45) is 2.25. The van der Waals surface area contributed by atoms with E-state index in [1.807, 2.05) is 16.8 Å². The van der Waals surface area contributed by atoms with E-state index < -0.39 is 0 Å². The molecule has 1 amide bonds. The van der Waals surface area contributed by atoms with Gasteiger partial charge in [0.15, 0.2) is 0 Å². The Morgan fingerprint density at radius 3 is 2.52 bits per heavy atom. The van der Waals surface area contributed by atoms with Crippen molar-refractivity contribution in [2.75, 3.05) is 0 Å². The Morgan fingerprint density at radius 1 is 1.12 bits per heavy atom. The van der Waals surface area contributed by atoms with Crippen LogP contribution in [-0.2, 0) is 24.1 Å². The van der Waals surface area contributed by atoms with Crippen molar-refractivity contribution in [3.63, 3.8) is 0 Å². The molecule has 2 heterocycles. The maximum absolute atomic E-state index is 12.6. The van der Waals surface area contributed by atoms with Gasteiger partial charge in [-0.3, -0.25) is 4.79 Å². The van der Waals surface area contributed by atoms with Crippen LogP contribution in [0.1, 0.15) is 46.6 Å². The first-order valence-corrected chi connectivity index (χ1v) is 10.3. The van der Waals surface area contributed by atoms with Crippen LogP contribution in [0.4, 0.5) is 0 Å². The molecule has 0 aliphatic rings. The molecular weight excluding hydrogens is 348 g/mol. The fourth-order valence-corrected chi connectivity index (χ4v) is 4.24. The highest BCUT2D eigenvalue weighted by Crippen LogP contribution is 2.26. The van der Waals surface area contributed by atoms with Crippen LogP contribution < -0.4 is 5.32 Å². The molecule has 1 unspecified atom stereocenters. The summed E-state index contributed by atoms with van der Waals surface area (Å²) < 4.78 is 0. The molecule has 1 aromatic carbocycles. The van der Waals surface area contributed by atoms with Crippen molar-refractivity contribution in [2.24, 2.45) is 0 Å². The fraction of sp³-hybridized carbons (Fsp3) is 0.300. The minimum Gasteiger partial charge on any atom is -0.344 e. The molecule has 5 heteroatoms. The Hall–Kier alpha value is -1.98. The van der Waals surface area contributed by atoms with Crippen LogP contribution in [0, 0.1) is 0 Å². The molecule has 3 rings (SSSR count). The zero-order valence-electron chi connectivity index (χ0n) is 14.5. The van der Waals surface area contributed by atoms with Gasteiger partial charge in [-0.25, -0.2) is 4.98 Å². The second-order valence-corrected chi connectivity index (χ2v) is 7.80. The number of benzene rings is 1. The Kier molecular flexibility index (Phi) is 6.00. The zero-order chi connectivity index (χ0) is 17.6. The van der Waals surface area contributed by atoms with Crippen LogP contribution in [0.25, 0.3) is 0 Å². The first-order valence-electron chi connectivity index (χ1n) is 8.54. The molecule has 0 saturated carbocycles. The molecule has 0 fully saturated rings. The van der Waals surface area contributed by atoms with Crippen molar-refractivity contribution < 1.29 is 4.79 Å². The average molecular weight is 371 g/mol. The minimum atomic E-state index is -0.109. The summed E-state index contributed by atoms with van der Waals surface area (Å²) in [5, 5.41) is 8.29. The van der Waals surface area contributed by atoms with E-state index in [4.69, 9.17) is 0 Å². The molecule has 0 saturated heterocycles. The second kappa shape index (κ2) is 8.41.